The molecule has 0 fully saturated rings. The fourth-order valence-electron chi connectivity index (χ4n) is 1.75. The summed E-state index contributed by atoms with van der Waals surface area (Å²) in [6.45, 7) is 6.15. The summed E-state index contributed by atoms with van der Waals surface area (Å²) in [6.07, 6.45) is 7.16. The highest BCUT2D eigenvalue weighted by Gasteiger charge is 2.18. The Hall–Kier alpha value is -0.120. The van der Waals surface area contributed by atoms with Gasteiger partial charge in [-0.2, -0.15) is 0 Å². The first-order valence-electron chi connectivity index (χ1n) is 6.53. The summed E-state index contributed by atoms with van der Waals surface area (Å²) in [5, 5.41) is 18.1. The fourth-order valence-corrected chi connectivity index (χ4v) is 1.75. The van der Waals surface area contributed by atoms with Gasteiger partial charge >= 0.3 is 0 Å². The van der Waals surface area contributed by atoms with Gasteiger partial charge in [0.05, 0.1) is 13.2 Å². The molecular weight excluding hydrogens is 204 g/mol. The maximum Gasteiger partial charge on any atom is 0.186 e. The molecule has 0 aliphatic rings. The van der Waals surface area contributed by atoms with Crippen molar-refractivity contribution in [3.05, 3.63) is 0 Å². The van der Waals surface area contributed by atoms with Crippen LogP contribution in [0.15, 0.2) is 0 Å². The van der Waals surface area contributed by atoms with E-state index in [2.05, 4.69) is 13.8 Å². The predicted molar refractivity (Wildman–Crippen MR) is 66.2 cm³/mol. The topological polar surface area (TPSA) is 49.7 Å². The van der Waals surface area contributed by atoms with Crippen molar-refractivity contribution in [3.8, 4) is 0 Å². The molecule has 16 heavy (non-hydrogen) atoms. The summed E-state index contributed by atoms with van der Waals surface area (Å²) in [5.74, 6) is -0.503. The van der Waals surface area contributed by atoms with E-state index in [-0.39, 0.29) is 6.61 Å². The Morgan fingerprint density at radius 3 is 2.25 bits per heavy atom. The van der Waals surface area contributed by atoms with E-state index in [0.29, 0.717) is 6.61 Å². The standard InChI is InChI=1S/C13H28O3/c1-4-12(5-2)9-7-6-8-10-16-13(3,15)11-14/h12,14-15H,4-11H2,1-3H3. The van der Waals surface area contributed by atoms with E-state index in [9.17, 15) is 5.11 Å². The molecule has 3 nitrogen and oxygen atoms in total. The zero-order valence-electron chi connectivity index (χ0n) is 11.0. The molecular formula is C13H28O3. The van der Waals surface area contributed by atoms with Crippen LogP contribution in [0.1, 0.15) is 59.3 Å². The van der Waals surface area contributed by atoms with Gasteiger partial charge in [-0.3, -0.25) is 0 Å². The Balaban J connectivity index is 3.34. The Bertz CT molecular complexity index is 153. The molecule has 0 amide bonds. The lowest BCUT2D eigenvalue weighted by Crippen LogP contribution is -2.32. The molecule has 0 heterocycles. The van der Waals surface area contributed by atoms with Crippen molar-refractivity contribution in [2.45, 2.75) is 65.1 Å². The van der Waals surface area contributed by atoms with E-state index in [1.165, 1.54) is 32.6 Å². The number of hydrogen-bond acceptors (Lipinski definition) is 3. The lowest BCUT2D eigenvalue weighted by Gasteiger charge is -2.20. The molecule has 0 bridgehead atoms. The van der Waals surface area contributed by atoms with Crippen LogP contribution in [0.3, 0.4) is 0 Å². The van der Waals surface area contributed by atoms with Crippen LogP contribution in [0.5, 0.6) is 0 Å². The van der Waals surface area contributed by atoms with Crippen molar-refractivity contribution in [1.29, 1.82) is 0 Å². The van der Waals surface area contributed by atoms with E-state index >= 15 is 0 Å². The summed E-state index contributed by atoms with van der Waals surface area (Å²) >= 11 is 0. The Kier molecular flexibility index (Phi) is 8.90. The van der Waals surface area contributed by atoms with Crippen molar-refractivity contribution in [1.82, 2.24) is 0 Å². The van der Waals surface area contributed by atoms with Crippen molar-refractivity contribution in [2.75, 3.05) is 13.2 Å². The number of ether oxygens (including phenoxy) is 1. The molecule has 0 aromatic heterocycles. The van der Waals surface area contributed by atoms with E-state index < -0.39 is 5.79 Å². The SMILES string of the molecule is CCC(CC)CCCCCOC(C)(O)CO. The number of aliphatic hydroxyl groups excluding tert-OH is 1. The molecule has 3 heteroatoms. The van der Waals surface area contributed by atoms with Gasteiger partial charge < -0.3 is 14.9 Å². The highest BCUT2D eigenvalue weighted by atomic mass is 16.6. The van der Waals surface area contributed by atoms with Crippen LogP contribution in [-0.2, 0) is 4.74 Å². The van der Waals surface area contributed by atoms with Gasteiger partial charge in [-0.05, 0) is 19.3 Å². The van der Waals surface area contributed by atoms with Gasteiger partial charge in [-0.15, -0.1) is 0 Å². The van der Waals surface area contributed by atoms with Crippen molar-refractivity contribution >= 4 is 0 Å². The first-order chi connectivity index (χ1) is 7.55. The van der Waals surface area contributed by atoms with E-state index in [1.54, 1.807) is 0 Å². The van der Waals surface area contributed by atoms with Gasteiger partial charge in [-0.25, -0.2) is 0 Å². The molecule has 0 aromatic carbocycles. The molecule has 2 N–H and O–H groups in total. The predicted octanol–water partition coefficient (Wildman–Crippen LogP) is 2.70. The van der Waals surface area contributed by atoms with Crippen LogP contribution in [0.2, 0.25) is 0 Å². The number of rotatable bonds is 10. The molecule has 98 valence electrons. The quantitative estimate of drug-likeness (QED) is 0.450. The zero-order chi connectivity index (χ0) is 12.4. The largest absolute Gasteiger partial charge is 0.391 e. The summed E-state index contributed by atoms with van der Waals surface area (Å²) < 4.78 is 5.14. The Morgan fingerprint density at radius 1 is 1.12 bits per heavy atom. The van der Waals surface area contributed by atoms with Gasteiger partial charge in [-0.1, -0.05) is 46.0 Å². The second-order valence-corrected chi connectivity index (χ2v) is 4.71. The molecule has 0 spiro atoms. The molecule has 0 saturated heterocycles. The molecule has 0 rings (SSSR count). The minimum absolute atomic E-state index is 0.346. The highest BCUT2D eigenvalue weighted by Crippen LogP contribution is 2.16. The minimum atomic E-state index is -1.37. The summed E-state index contributed by atoms with van der Waals surface area (Å²) in [7, 11) is 0. The fraction of sp³-hybridized carbons (Fsp3) is 1.00. The normalized spacial score (nSPS) is 15.4. The van der Waals surface area contributed by atoms with Crippen LogP contribution in [0, 0.1) is 5.92 Å². The van der Waals surface area contributed by atoms with E-state index in [4.69, 9.17) is 9.84 Å². The number of aliphatic hydroxyl groups is 2. The second kappa shape index (κ2) is 8.97. The van der Waals surface area contributed by atoms with Crippen LogP contribution in [-0.4, -0.2) is 29.2 Å². The molecule has 1 unspecified atom stereocenters. The molecule has 0 aromatic rings. The average Bonchev–Trinajstić information content (AvgIpc) is 2.28. The third-order valence-electron chi connectivity index (χ3n) is 3.12. The lowest BCUT2D eigenvalue weighted by atomic mass is 9.96. The van der Waals surface area contributed by atoms with Crippen LogP contribution in [0.4, 0.5) is 0 Å². The van der Waals surface area contributed by atoms with Gasteiger partial charge in [0.25, 0.3) is 0 Å². The lowest BCUT2D eigenvalue weighted by molar-refractivity contribution is -0.211. The third-order valence-corrected chi connectivity index (χ3v) is 3.12. The zero-order valence-corrected chi connectivity index (χ0v) is 11.0. The molecule has 0 saturated carbocycles. The Labute approximate surface area is 99.8 Å². The number of unbranched alkanes of at least 4 members (excludes halogenated alkanes) is 2. The highest BCUT2D eigenvalue weighted by molar-refractivity contribution is 4.57. The molecule has 1 atom stereocenters. The van der Waals surface area contributed by atoms with Crippen molar-refractivity contribution in [3.63, 3.8) is 0 Å². The monoisotopic (exact) mass is 232 g/mol. The summed E-state index contributed by atoms with van der Waals surface area (Å²) in [5.41, 5.74) is 0. The minimum Gasteiger partial charge on any atom is -0.391 e. The third kappa shape index (κ3) is 8.08. The summed E-state index contributed by atoms with van der Waals surface area (Å²) in [4.78, 5) is 0. The molecule has 0 aliphatic heterocycles. The maximum atomic E-state index is 9.37. The average molecular weight is 232 g/mol. The van der Waals surface area contributed by atoms with Gasteiger partial charge in [0, 0.05) is 0 Å². The number of hydrogen-bond donors (Lipinski definition) is 2. The second-order valence-electron chi connectivity index (χ2n) is 4.71. The van der Waals surface area contributed by atoms with Crippen LogP contribution < -0.4 is 0 Å². The van der Waals surface area contributed by atoms with Gasteiger partial charge in [0.2, 0.25) is 0 Å². The van der Waals surface area contributed by atoms with Gasteiger partial charge in [0.1, 0.15) is 0 Å². The van der Waals surface area contributed by atoms with Gasteiger partial charge in [0.15, 0.2) is 5.79 Å². The van der Waals surface area contributed by atoms with E-state index in [0.717, 1.165) is 18.8 Å². The molecule has 0 aliphatic carbocycles. The van der Waals surface area contributed by atoms with Crippen LogP contribution in [0.25, 0.3) is 0 Å². The van der Waals surface area contributed by atoms with Crippen molar-refractivity contribution in [2.24, 2.45) is 5.92 Å². The summed E-state index contributed by atoms with van der Waals surface area (Å²) in [6, 6.07) is 0. The smallest absolute Gasteiger partial charge is 0.186 e. The first-order valence-corrected chi connectivity index (χ1v) is 6.53. The van der Waals surface area contributed by atoms with E-state index in [1.807, 2.05) is 0 Å². The maximum absolute atomic E-state index is 9.37. The first kappa shape index (κ1) is 15.9. The van der Waals surface area contributed by atoms with Crippen LogP contribution >= 0.6 is 0 Å². The Morgan fingerprint density at radius 2 is 1.75 bits per heavy atom. The molecule has 0 radical (unpaired) electrons. The van der Waals surface area contributed by atoms with Crippen molar-refractivity contribution < 1.29 is 14.9 Å².